The number of oxazole rings is 1. The summed E-state index contributed by atoms with van der Waals surface area (Å²) in [6.07, 6.45) is 1.99. The van der Waals surface area contributed by atoms with Crippen LogP contribution >= 0.6 is 12.2 Å². The lowest BCUT2D eigenvalue weighted by molar-refractivity contribution is -0.144. The number of rotatable bonds is 20. The van der Waals surface area contributed by atoms with E-state index < -0.39 is 75.9 Å². The molecular weight excluding hydrogens is 935 g/mol. The molecule has 374 valence electrons. The Labute approximate surface area is 409 Å². The maximum Gasteiger partial charge on any atom is 0.417 e. The zero-order valence-corrected chi connectivity index (χ0v) is 40.4. The van der Waals surface area contributed by atoms with E-state index in [4.69, 9.17) is 26.1 Å². The van der Waals surface area contributed by atoms with Crippen LogP contribution in [0.4, 0.5) is 28.9 Å². The summed E-state index contributed by atoms with van der Waals surface area (Å²) in [5, 5.41) is 25.2. The van der Waals surface area contributed by atoms with E-state index in [0.717, 1.165) is 53.8 Å². The van der Waals surface area contributed by atoms with Gasteiger partial charge in [-0.3, -0.25) is 24.1 Å². The minimum atomic E-state index is -4.85. The van der Waals surface area contributed by atoms with Crippen LogP contribution in [-0.2, 0) is 36.6 Å². The number of alkyl halides is 3. The molecule has 3 heterocycles. The number of hydrogen-bond donors (Lipinski definition) is 3. The zero-order chi connectivity index (χ0) is 51.0. The van der Waals surface area contributed by atoms with Crippen molar-refractivity contribution in [3.63, 3.8) is 0 Å². The molecule has 20 heteroatoms. The third-order valence-electron chi connectivity index (χ3n) is 12.1. The number of carbonyl (C=O) groups excluding carboxylic acids is 4. The molecule has 6 rings (SSSR count). The number of hydrogen-bond acceptors (Lipinski definition) is 11. The molecule has 0 bridgehead atoms. The Kier molecular flexibility index (Phi) is 17.0. The van der Waals surface area contributed by atoms with E-state index in [9.17, 15) is 42.7 Å². The summed E-state index contributed by atoms with van der Waals surface area (Å²) in [6.45, 7) is 8.92. The van der Waals surface area contributed by atoms with Gasteiger partial charge in [0, 0.05) is 43.4 Å². The van der Waals surface area contributed by atoms with Gasteiger partial charge in [-0.25, -0.2) is 9.37 Å². The first kappa shape index (κ1) is 52.9. The first-order valence-electron chi connectivity index (χ1n) is 23.0. The van der Waals surface area contributed by atoms with Crippen LogP contribution in [0, 0.1) is 22.6 Å². The number of benzene rings is 3. The molecule has 2 fully saturated rings. The molecule has 0 unspecified atom stereocenters. The summed E-state index contributed by atoms with van der Waals surface area (Å²) in [5.74, 6) is -2.11. The van der Waals surface area contributed by atoms with E-state index in [1.807, 2.05) is 24.3 Å². The van der Waals surface area contributed by atoms with Gasteiger partial charge in [0.1, 0.15) is 24.2 Å². The maximum absolute atomic E-state index is 15.3. The van der Waals surface area contributed by atoms with E-state index >= 15 is 4.39 Å². The van der Waals surface area contributed by atoms with Crippen molar-refractivity contribution in [1.82, 2.24) is 20.5 Å². The van der Waals surface area contributed by atoms with Gasteiger partial charge in [-0.2, -0.15) is 18.4 Å². The van der Waals surface area contributed by atoms with Crippen LogP contribution in [0.15, 0.2) is 77.7 Å². The largest absolute Gasteiger partial charge is 0.491 e. The Hall–Kier alpha value is -6.43. The van der Waals surface area contributed by atoms with Crippen molar-refractivity contribution in [2.45, 2.75) is 116 Å². The van der Waals surface area contributed by atoms with Gasteiger partial charge in [-0.15, -0.1) is 0 Å². The Balaban J connectivity index is 0.878. The molecule has 4 aromatic rings. The van der Waals surface area contributed by atoms with Gasteiger partial charge in [0.15, 0.2) is 28.8 Å². The number of aliphatic hydroxyl groups excluding tert-OH is 1. The third-order valence-corrected chi connectivity index (χ3v) is 12.5. The second-order valence-corrected chi connectivity index (χ2v) is 19.2. The molecule has 2 aliphatic rings. The Morgan fingerprint density at radius 2 is 1.66 bits per heavy atom. The second kappa shape index (κ2) is 22.5. The van der Waals surface area contributed by atoms with Crippen LogP contribution in [0.3, 0.4) is 0 Å². The fraction of sp³-hybridized carbons (Fsp3) is 0.460. The van der Waals surface area contributed by atoms with Crippen LogP contribution in [-0.4, -0.2) is 93.8 Å². The predicted molar refractivity (Wildman–Crippen MR) is 255 cm³/mol. The fourth-order valence-electron chi connectivity index (χ4n) is 8.34. The van der Waals surface area contributed by atoms with Crippen molar-refractivity contribution in [2.75, 3.05) is 36.2 Å². The number of unbranched alkanes of at least 4 members (excludes halogenated alkanes) is 5. The van der Waals surface area contributed by atoms with Crippen molar-refractivity contribution in [3.8, 4) is 23.1 Å². The van der Waals surface area contributed by atoms with Gasteiger partial charge in [-0.1, -0.05) is 70.7 Å². The Morgan fingerprint density at radius 3 is 2.29 bits per heavy atom. The molecule has 0 aliphatic carbocycles. The Bertz CT molecular complexity index is 2560. The van der Waals surface area contributed by atoms with Gasteiger partial charge in [-0.05, 0) is 80.2 Å². The van der Waals surface area contributed by atoms with Crippen molar-refractivity contribution >= 4 is 52.3 Å². The van der Waals surface area contributed by atoms with Gasteiger partial charge < -0.3 is 39.4 Å². The van der Waals surface area contributed by atoms with Crippen LogP contribution in [0.1, 0.15) is 96.3 Å². The molecule has 15 nitrogen and oxygen atoms in total. The topological polar surface area (TPSA) is 191 Å². The molecular formula is C50H57F4N7O8S. The summed E-state index contributed by atoms with van der Waals surface area (Å²) in [7, 11) is 0. The quantitative estimate of drug-likeness (QED) is 0.0443. The van der Waals surface area contributed by atoms with E-state index in [1.54, 1.807) is 27.0 Å². The lowest BCUT2D eigenvalue weighted by Gasteiger charge is -2.35. The minimum Gasteiger partial charge on any atom is -0.491 e. The van der Waals surface area contributed by atoms with Gasteiger partial charge in [0.25, 0.3) is 5.91 Å². The number of nitrogens with zero attached hydrogens (tertiary/aromatic N) is 5. The number of amides is 4. The van der Waals surface area contributed by atoms with Crippen molar-refractivity contribution in [2.24, 2.45) is 5.41 Å². The number of aromatic nitrogens is 1. The first-order valence-corrected chi connectivity index (χ1v) is 23.4. The number of anilines is 2. The molecule has 2 saturated heterocycles. The van der Waals surface area contributed by atoms with E-state index in [2.05, 4.69) is 15.6 Å². The van der Waals surface area contributed by atoms with Gasteiger partial charge in [0.2, 0.25) is 17.7 Å². The number of ether oxygens (including phenoxy) is 2. The average Bonchev–Trinajstić information content (AvgIpc) is 4.03. The van der Waals surface area contributed by atoms with Crippen LogP contribution in [0.5, 0.6) is 5.75 Å². The summed E-state index contributed by atoms with van der Waals surface area (Å²) in [4.78, 5) is 61.4. The summed E-state index contributed by atoms with van der Waals surface area (Å²) in [6, 6.07) is 13.9. The lowest BCUT2D eigenvalue weighted by Crippen LogP contribution is -2.58. The molecule has 70 heavy (non-hydrogen) atoms. The molecule has 3 atom stereocenters. The zero-order valence-electron chi connectivity index (χ0n) is 39.6. The molecule has 3 N–H and O–H groups in total. The number of halogens is 4. The molecule has 0 saturated carbocycles. The monoisotopic (exact) mass is 991 g/mol. The number of nitrogens with one attached hydrogen (secondary N) is 2. The average molecular weight is 992 g/mol. The number of aliphatic hydroxyl groups is 1. The number of nitriles is 1. The standard InChI is InChI=1S/C50H57F4N7O8S/c1-48(2,3)43(45(65)59-28-36(62)24-39(59)44(64)57-26-31-12-14-32(15-13-31)41-27-56-30-69-41)58-42(63)29-67-20-10-8-6-7-9-11-21-68-40-19-18-35(23-38(40)51)61-47(70)60(46(66)49(61,4)5)34-17-16-33(25-55)37(22-34)50(52,53)54/h12-19,22-23,27,30,36,39,43,62H,6-11,20-21,24,26,28-29H2,1-5H3,(H,57,64)(H,58,63)/t36-,39+,43-/m1/s1. The first-order chi connectivity index (χ1) is 33.1. The van der Waals surface area contributed by atoms with Crippen molar-refractivity contribution in [1.29, 1.82) is 5.26 Å². The Morgan fingerprint density at radius 1 is 0.986 bits per heavy atom. The van der Waals surface area contributed by atoms with Gasteiger partial charge in [0.05, 0.1) is 41.8 Å². The van der Waals surface area contributed by atoms with Crippen LogP contribution in [0.2, 0.25) is 0 Å². The van der Waals surface area contributed by atoms with E-state index in [1.165, 1.54) is 54.3 Å². The third kappa shape index (κ3) is 12.7. The number of likely N-dealkylation sites (tertiary alicyclic amines) is 1. The van der Waals surface area contributed by atoms with Crippen LogP contribution < -0.4 is 25.2 Å². The van der Waals surface area contributed by atoms with Crippen LogP contribution in [0.25, 0.3) is 11.3 Å². The predicted octanol–water partition coefficient (Wildman–Crippen LogP) is 7.83. The normalized spacial score (nSPS) is 17.4. The van der Waals surface area contributed by atoms with Gasteiger partial charge >= 0.3 is 6.18 Å². The number of carbonyl (C=O) groups is 4. The molecule has 0 spiro atoms. The summed E-state index contributed by atoms with van der Waals surface area (Å²) in [5.41, 5.74) is -2.24. The highest BCUT2D eigenvalue weighted by Gasteiger charge is 2.51. The highest BCUT2D eigenvalue weighted by atomic mass is 32.1. The smallest absolute Gasteiger partial charge is 0.417 e. The second-order valence-electron chi connectivity index (χ2n) is 18.8. The lowest BCUT2D eigenvalue weighted by atomic mass is 9.85. The molecule has 3 aromatic carbocycles. The molecule has 4 amide bonds. The summed E-state index contributed by atoms with van der Waals surface area (Å²) >= 11 is 5.55. The molecule has 0 radical (unpaired) electrons. The number of thiocarbonyl (C=S) groups is 1. The number of β-amino-alcohol motifs (C(OH)–C–C–N with tert-alkyl or cyclic N) is 1. The van der Waals surface area contributed by atoms with Crippen molar-refractivity contribution in [3.05, 3.63) is 95.8 Å². The maximum atomic E-state index is 15.3. The van der Waals surface area contributed by atoms with E-state index in [0.29, 0.717) is 31.3 Å². The molecule has 2 aliphatic heterocycles. The highest BCUT2D eigenvalue weighted by molar-refractivity contribution is 7.81. The molecule has 1 aromatic heterocycles. The minimum absolute atomic E-state index is 0.0165. The highest BCUT2D eigenvalue weighted by Crippen LogP contribution is 2.40. The van der Waals surface area contributed by atoms with E-state index in [-0.39, 0.29) is 55.0 Å². The summed E-state index contributed by atoms with van der Waals surface area (Å²) < 4.78 is 73.1. The SMILES string of the molecule is CC(C)(C)[C@H](NC(=O)COCCCCCCCCOc1ccc(N2C(=S)N(c3ccc(C#N)c(C(F)(F)F)c3)C(=O)C2(C)C)cc1F)C(=O)N1C[C@H](O)C[C@H]1C(=O)NCc1ccc(-c2cnco2)cc1. The fourth-order valence-corrected chi connectivity index (χ4v) is 8.86. The van der Waals surface area contributed by atoms with Crippen molar-refractivity contribution < 1.29 is 55.7 Å².